The van der Waals surface area contributed by atoms with Crippen molar-refractivity contribution in [2.24, 2.45) is 0 Å². The van der Waals surface area contributed by atoms with Gasteiger partial charge in [-0.2, -0.15) is 0 Å². The summed E-state index contributed by atoms with van der Waals surface area (Å²) < 4.78 is 0.901. The monoisotopic (exact) mass is 324 g/mol. The van der Waals surface area contributed by atoms with Gasteiger partial charge in [0.1, 0.15) is 5.01 Å². The van der Waals surface area contributed by atoms with Gasteiger partial charge in [-0.3, -0.25) is 4.79 Å². The number of nitrogens with one attached hydrogen (secondary N) is 1. The summed E-state index contributed by atoms with van der Waals surface area (Å²) in [5.74, 6) is -0.0791. The van der Waals surface area contributed by atoms with E-state index in [0.717, 1.165) is 15.9 Å². The van der Waals surface area contributed by atoms with E-state index in [1.807, 2.05) is 18.3 Å². The fourth-order valence-electron chi connectivity index (χ4n) is 1.48. The molecule has 1 aromatic heterocycles. The average molecular weight is 325 g/mol. The number of halogens is 1. The second-order valence-corrected chi connectivity index (χ2v) is 5.88. The Kier molecular flexibility index (Phi) is 4.49. The predicted molar refractivity (Wildman–Crippen MR) is 76.8 cm³/mol. The molecular formula is C13H13BrN2OS. The van der Waals surface area contributed by atoms with Gasteiger partial charge in [0, 0.05) is 21.1 Å². The van der Waals surface area contributed by atoms with Gasteiger partial charge in [0.25, 0.3) is 5.91 Å². The lowest BCUT2D eigenvalue weighted by atomic mass is 10.2. The van der Waals surface area contributed by atoms with Gasteiger partial charge in [-0.1, -0.05) is 28.9 Å². The van der Waals surface area contributed by atoms with Crippen LogP contribution in [0.25, 0.3) is 0 Å². The van der Waals surface area contributed by atoms with E-state index in [1.165, 1.54) is 4.88 Å². The number of rotatable bonds is 4. The van der Waals surface area contributed by atoms with Crippen LogP contribution < -0.4 is 5.32 Å². The zero-order chi connectivity index (χ0) is 13.0. The number of hydrogen-bond donors (Lipinski definition) is 1. The molecule has 2 aromatic rings. The van der Waals surface area contributed by atoms with E-state index in [-0.39, 0.29) is 5.91 Å². The second-order valence-electron chi connectivity index (χ2n) is 3.77. The van der Waals surface area contributed by atoms with Crippen LogP contribution in [0.4, 0.5) is 0 Å². The SMILES string of the molecule is CCc1cnc(CNC(=O)c2cccc(Br)c2)s1. The molecule has 0 spiro atoms. The molecule has 2 rings (SSSR count). The van der Waals surface area contributed by atoms with E-state index >= 15 is 0 Å². The second kappa shape index (κ2) is 6.11. The van der Waals surface area contributed by atoms with Gasteiger partial charge in [0.2, 0.25) is 0 Å². The van der Waals surface area contributed by atoms with Crippen molar-refractivity contribution < 1.29 is 4.79 Å². The molecular weight excluding hydrogens is 312 g/mol. The Labute approximate surface area is 118 Å². The lowest BCUT2D eigenvalue weighted by Gasteiger charge is -2.03. The minimum Gasteiger partial charge on any atom is -0.346 e. The van der Waals surface area contributed by atoms with Gasteiger partial charge in [0.15, 0.2) is 0 Å². The minimum absolute atomic E-state index is 0.0791. The average Bonchev–Trinajstić information content (AvgIpc) is 2.84. The quantitative estimate of drug-likeness (QED) is 0.936. The van der Waals surface area contributed by atoms with Crippen molar-refractivity contribution >= 4 is 33.2 Å². The van der Waals surface area contributed by atoms with E-state index < -0.39 is 0 Å². The smallest absolute Gasteiger partial charge is 0.251 e. The molecule has 18 heavy (non-hydrogen) atoms. The van der Waals surface area contributed by atoms with Crippen LogP contribution in [0.3, 0.4) is 0 Å². The van der Waals surface area contributed by atoms with E-state index in [0.29, 0.717) is 12.1 Å². The van der Waals surface area contributed by atoms with Crippen molar-refractivity contribution in [3.8, 4) is 0 Å². The largest absolute Gasteiger partial charge is 0.346 e. The van der Waals surface area contributed by atoms with Gasteiger partial charge in [-0.05, 0) is 24.6 Å². The van der Waals surface area contributed by atoms with E-state index in [4.69, 9.17) is 0 Å². The van der Waals surface area contributed by atoms with Crippen LogP contribution in [0, 0.1) is 0 Å². The molecule has 0 aliphatic heterocycles. The van der Waals surface area contributed by atoms with Gasteiger partial charge in [-0.25, -0.2) is 4.98 Å². The van der Waals surface area contributed by atoms with Gasteiger partial charge < -0.3 is 5.32 Å². The molecule has 1 heterocycles. The molecule has 1 aromatic carbocycles. The first-order valence-corrected chi connectivity index (χ1v) is 7.27. The normalized spacial score (nSPS) is 10.3. The van der Waals surface area contributed by atoms with Crippen molar-refractivity contribution in [2.75, 3.05) is 0 Å². The number of carbonyl (C=O) groups is 1. The van der Waals surface area contributed by atoms with Crippen molar-refractivity contribution in [1.29, 1.82) is 0 Å². The van der Waals surface area contributed by atoms with Crippen molar-refractivity contribution in [1.82, 2.24) is 10.3 Å². The predicted octanol–water partition coefficient (Wildman–Crippen LogP) is 3.40. The molecule has 1 N–H and O–H groups in total. The molecule has 0 aliphatic carbocycles. The van der Waals surface area contributed by atoms with Crippen LogP contribution in [0.5, 0.6) is 0 Å². The number of hydrogen-bond acceptors (Lipinski definition) is 3. The highest BCUT2D eigenvalue weighted by Gasteiger charge is 2.07. The molecule has 0 unspecified atom stereocenters. The van der Waals surface area contributed by atoms with Crippen LogP contribution in [-0.4, -0.2) is 10.9 Å². The first kappa shape index (κ1) is 13.2. The highest BCUT2D eigenvalue weighted by molar-refractivity contribution is 9.10. The Balaban J connectivity index is 1.96. The third-order valence-electron chi connectivity index (χ3n) is 2.44. The lowest BCUT2D eigenvalue weighted by Crippen LogP contribution is -2.22. The Morgan fingerprint density at radius 2 is 2.33 bits per heavy atom. The summed E-state index contributed by atoms with van der Waals surface area (Å²) in [6.07, 6.45) is 2.85. The third kappa shape index (κ3) is 3.40. The standard InChI is InChI=1S/C13H13BrN2OS/c1-2-11-7-15-12(18-11)8-16-13(17)9-4-3-5-10(14)6-9/h3-7H,2,8H2,1H3,(H,16,17). The van der Waals surface area contributed by atoms with Crippen LogP contribution in [0.2, 0.25) is 0 Å². The summed E-state index contributed by atoms with van der Waals surface area (Å²) in [7, 11) is 0. The number of carbonyl (C=O) groups excluding carboxylic acids is 1. The maximum atomic E-state index is 11.9. The highest BCUT2D eigenvalue weighted by Crippen LogP contribution is 2.14. The lowest BCUT2D eigenvalue weighted by molar-refractivity contribution is 0.0951. The summed E-state index contributed by atoms with van der Waals surface area (Å²) in [5.41, 5.74) is 0.650. The molecule has 0 saturated heterocycles. The van der Waals surface area contributed by atoms with E-state index in [1.54, 1.807) is 23.5 Å². The summed E-state index contributed by atoms with van der Waals surface area (Å²) in [6.45, 7) is 2.58. The van der Waals surface area contributed by atoms with Crippen LogP contribution in [-0.2, 0) is 13.0 Å². The molecule has 0 fully saturated rings. The zero-order valence-corrected chi connectivity index (χ0v) is 12.3. The Bertz CT molecular complexity index is 553. The fraction of sp³-hybridized carbons (Fsp3) is 0.231. The third-order valence-corrected chi connectivity index (χ3v) is 4.07. The van der Waals surface area contributed by atoms with Gasteiger partial charge >= 0.3 is 0 Å². The molecule has 0 bridgehead atoms. The molecule has 0 aliphatic rings. The molecule has 0 radical (unpaired) electrons. The van der Waals surface area contributed by atoms with Crippen LogP contribution >= 0.6 is 27.3 Å². The molecule has 1 amide bonds. The molecule has 5 heteroatoms. The number of aromatic nitrogens is 1. The minimum atomic E-state index is -0.0791. The van der Waals surface area contributed by atoms with Gasteiger partial charge in [0.05, 0.1) is 6.54 Å². The van der Waals surface area contributed by atoms with Crippen molar-refractivity contribution in [2.45, 2.75) is 19.9 Å². The first-order chi connectivity index (χ1) is 8.69. The fourth-order valence-corrected chi connectivity index (χ4v) is 2.68. The van der Waals surface area contributed by atoms with Gasteiger partial charge in [-0.15, -0.1) is 11.3 Å². The number of amides is 1. The maximum Gasteiger partial charge on any atom is 0.251 e. The van der Waals surface area contributed by atoms with E-state index in [9.17, 15) is 4.79 Å². The topological polar surface area (TPSA) is 42.0 Å². The maximum absolute atomic E-state index is 11.9. The summed E-state index contributed by atoms with van der Waals surface area (Å²) >= 11 is 4.99. The summed E-state index contributed by atoms with van der Waals surface area (Å²) in [5, 5.41) is 3.81. The number of benzene rings is 1. The summed E-state index contributed by atoms with van der Waals surface area (Å²) in [6, 6.07) is 7.33. The van der Waals surface area contributed by atoms with Crippen molar-refractivity contribution in [3.05, 3.63) is 50.4 Å². The highest BCUT2D eigenvalue weighted by atomic mass is 79.9. The Morgan fingerprint density at radius 1 is 1.50 bits per heavy atom. The summed E-state index contributed by atoms with van der Waals surface area (Å²) in [4.78, 5) is 17.4. The van der Waals surface area contributed by atoms with E-state index in [2.05, 4.69) is 33.2 Å². The number of nitrogens with zero attached hydrogens (tertiary/aromatic N) is 1. The molecule has 3 nitrogen and oxygen atoms in total. The van der Waals surface area contributed by atoms with Crippen LogP contribution in [0.15, 0.2) is 34.9 Å². The molecule has 94 valence electrons. The Morgan fingerprint density at radius 3 is 3.00 bits per heavy atom. The molecule has 0 atom stereocenters. The molecule has 0 saturated carbocycles. The number of aryl methyl sites for hydroxylation is 1. The van der Waals surface area contributed by atoms with Crippen molar-refractivity contribution in [3.63, 3.8) is 0 Å². The first-order valence-electron chi connectivity index (χ1n) is 5.66. The zero-order valence-electron chi connectivity index (χ0n) is 9.94. The number of thiazole rings is 1. The van der Waals surface area contributed by atoms with Crippen LogP contribution in [0.1, 0.15) is 27.2 Å². The Hall–Kier alpha value is -1.20.